The second-order valence-corrected chi connectivity index (χ2v) is 21.6. The van der Waals surface area contributed by atoms with Crippen molar-refractivity contribution in [2.45, 2.75) is 154 Å². The van der Waals surface area contributed by atoms with E-state index in [0.717, 1.165) is 73.6 Å². The van der Waals surface area contributed by atoms with Gasteiger partial charge in [-0.3, -0.25) is 38.6 Å². The van der Waals surface area contributed by atoms with Gasteiger partial charge in [-0.15, -0.1) is 0 Å². The molecule has 0 fully saturated rings. The van der Waals surface area contributed by atoms with Crippen LogP contribution in [0.4, 0.5) is 0 Å². The molecule has 0 saturated heterocycles. The first-order chi connectivity index (χ1) is 34.6. The molecule has 0 heterocycles. The van der Waals surface area contributed by atoms with Gasteiger partial charge in [0.1, 0.15) is 35.6 Å². The summed E-state index contributed by atoms with van der Waals surface area (Å²) in [5.41, 5.74) is -1.16. The number of ketones is 4. The molecular formula is C60H80N2O12. The molecule has 0 radical (unpaired) electrons. The third-order valence-electron chi connectivity index (χ3n) is 13.0. The van der Waals surface area contributed by atoms with Crippen LogP contribution in [0.5, 0.6) is 0 Å². The van der Waals surface area contributed by atoms with E-state index in [4.69, 9.17) is 9.47 Å². The summed E-state index contributed by atoms with van der Waals surface area (Å²) in [5.74, 6) is -2.12. The van der Waals surface area contributed by atoms with Gasteiger partial charge in [-0.25, -0.2) is 0 Å². The van der Waals surface area contributed by atoms with Crippen LogP contribution >= 0.6 is 0 Å². The SMILES string of the molecule is CN(CCOC(=O)CCCCCCCCCCC(=O)OCCN(C)C(c1ccc(C(=O)C(C)(C)O)cc1)c1ccc(C(=O)C(C)(C)O)cc1)C(c1ccc(C(=O)C(C)(C)O)cc1)c1ccc(C(=O)C(C)(C)O)cc1. The Labute approximate surface area is 438 Å². The topological polar surface area (TPSA) is 208 Å². The zero-order chi connectivity index (χ0) is 55.0. The normalized spacial score (nSPS) is 12.4. The predicted octanol–water partition coefficient (Wildman–Crippen LogP) is 9.23. The van der Waals surface area contributed by atoms with Crippen molar-refractivity contribution in [2.24, 2.45) is 0 Å². The Bertz CT molecular complexity index is 2160. The quantitative estimate of drug-likeness (QED) is 0.0211. The van der Waals surface area contributed by atoms with Crippen LogP contribution in [0.15, 0.2) is 97.1 Å². The molecule has 0 aliphatic carbocycles. The van der Waals surface area contributed by atoms with Crippen molar-refractivity contribution in [3.05, 3.63) is 142 Å². The van der Waals surface area contributed by atoms with Crippen LogP contribution in [-0.4, -0.2) is 128 Å². The average molecular weight is 1020 g/mol. The standard InChI is InChI=1S/C60H80N2O12/c1-57(2,69)53(65)45-29-21-41(22-30-45)51(42-23-31-46(32-24-42)54(66)58(3,4)70)61(9)37-39-73-49(63)19-17-15-13-11-12-14-16-18-20-50(64)74-40-38-62(10)52(43-25-33-47(34-26-43)55(67)59(5,6)71)44-27-35-48(36-28-44)56(68)60(7,8)72/h21-36,51-52,69-72H,11-20,37-40H2,1-10H3. The summed E-state index contributed by atoms with van der Waals surface area (Å²) in [6.45, 7) is 12.7. The van der Waals surface area contributed by atoms with E-state index in [1.807, 2.05) is 72.4 Å². The Balaban J connectivity index is 1.15. The number of benzene rings is 4. The molecule has 4 aromatic rings. The van der Waals surface area contributed by atoms with Gasteiger partial charge in [-0.05, 0) is 105 Å². The van der Waals surface area contributed by atoms with Gasteiger partial charge < -0.3 is 29.9 Å². The van der Waals surface area contributed by atoms with Crippen molar-refractivity contribution in [1.82, 2.24) is 9.80 Å². The second-order valence-electron chi connectivity index (χ2n) is 21.6. The first kappa shape index (κ1) is 60.8. The molecule has 0 aliphatic rings. The first-order valence-corrected chi connectivity index (χ1v) is 25.8. The Hall–Kier alpha value is -5.74. The number of likely N-dealkylation sites (N-methyl/N-ethyl adjacent to an activating group) is 2. The van der Waals surface area contributed by atoms with Crippen molar-refractivity contribution < 1.29 is 58.7 Å². The maximum atomic E-state index is 12.7. The lowest BCUT2D eigenvalue weighted by molar-refractivity contribution is -0.145. The molecule has 4 aromatic carbocycles. The van der Waals surface area contributed by atoms with Crippen LogP contribution in [0.1, 0.15) is 195 Å². The minimum Gasteiger partial charge on any atom is -0.464 e. The van der Waals surface area contributed by atoms with Crippen molar-refractivity contribution in [1.29, 1.82) is 0 Å². The number of Topliss-reactive ketones (excluding diaryl/α,β-unsaturated/α-hetero) is 4. The highest BCUT2D eigenvalue weighted by molar-refractivity contribution is 6.03. The van der Waals surface area contributed by atoms with E-state index in [0.29, 0.717) is 48.2 Å². The van der Waals surface area contributed by atoms with Crippen LogP contribution in [0.2, 0.25) is 0 Å². The molecule has 14 heteroatoms. The molecule has 0 atom stereocenters. The van der Waals surface area contributed by atoms with Crippen LogP contribution in [0.3, 0.4) is 0 Å². The lowest BCUT2D eigenvalue weighted by Crippen LogP contribution is -2.32. The minimum absolute atomic E-state index is 0.166. The molecule has 0 spiro atoms. The minimum atomic E-state index is -1.52. The summed E-state index contributed by atoms with van der Waals surface area (Å²) in [7, 11) is 3.81. The molecular weight excluding hydrogens is 941 g/mol. The predicted molar refractivity (Wildman–Crippen MR) is 285 cm³/mol. The molecule has 4 N–H and O–H groups in total. The van der Waals surface area contributed by atoms with Gasteiger partial charge in [0.05, 0.1) is 12.1 Å². The highest BCUT2D eigenvalue weighted by Crippen LogP contribution is 2.31. The fourth-order valence-electron chi connectivity index (χ4n) is 8.69. The highest BCUT2D eigenvalue weighted by atomic mass is 16.5. The second kappa shape index (κ2) is 27.2. The summed E-state index contributed by atoms with van der Waals surface area (Å²) in [6, 6.07) is 27.4. The van der Waals surface area contributed by atoms with Crippen LogP contribution in [0.25, 0.3) is 0 Å². The monoisotopic (exact) mass is 1020 g/mol. The van der Waals surface area contributed by atoms with Gasteiger partial charge in [0.2, 0.25) is 0 Å². The number of carbonyl (C=O) groups is 6. The smallest absolute Gasteiger partial charge is 0.305 e. The summed E-state index contributed by atoms with van der Waals surface area (Å²) in [6.07, 6.45) is 7.89. The average Bonchev–Trinajstić information content (AvgIpc) is 3.33. The summed E-state index contributed by atoms with van der Waals surface area (Å²) >= 11 is 0. The molecule has 0 saturated carbocycles. The van der Waals surface area contributed by atoms with Gasteiger partial charge >= 0.3 is 11.9 Å². The van der Waals surface area contributed by atoms with Crippen LogP contribution in [-0.2, 0) is 19.1 Å². The number of ether oxygens (including phenoxy) is 2. The zero-order valence-corrected chi connectivity index (χ0v) is 45.2. The van der Waals surface area contributed by atoms with Crippen molar-refractivity contribution >= 4 is 35.1 Å². The molecule has 0 aliphatic heterocycles. The molecule has 0 unspecified atom stereocenters. The number of aliphatic hydroxyl groups is 4. The lowest BCUT2D eigenvalue weighted by atomic mass is 9.91. The maximum absolute atomic E-state index is 12.7. The fraction of sp³-hybridized carbons (Fsp3) is 0.500. The van der Waals surface area contributed by atoms with Crippen LogP contribution < -0.4 is 0 Å². The van der Waals surface area contributed by atoms with E-state index in [-0.39, 0.29) is 37.2 Å². The van der Waals surface area contributed by atoms with Crippen molar-refractivity contribution in [2.75, 3.05) is 40.4 Å². The summed E-state index contributed by atoms with van der Waals surface area (Å²) < 4.78 is 11.3. The van der Waals surface area contributed by atoms with Gasteiger partial charge in [0.15, 0.2) is 23.1 Å². The summed E-state index contributed by atoms with van der Waals surface area (Å²) in [4.78, 5) is 80.3. The van der Waals surface area contributed by atoms with Gasteiger partial charge in [0.25, 0.3) is 0 Å². The largest absolute Gasteiger partial charge is 0.464 e. The van der Waals surface area contributed by atoms with E-state index in [1.54, 1.807) is 48.5 Å². The van der Waals surface area contributed by atoms with Crippen LogP contribution in [0, 0.1) is 0 Å². The highest BCUT2D eigenvalue weighted by Gasteiger charge is 2.30. The Kier molecular flexibility index (Phi) is 22.3. The first-order valence-electron chi connectivity index (χ1n) is 25.8. The Morgan fingerprint density at radius 3 is 0.784 bits per heavy atom. The Morgan fingerprint density at radius 1 is 0.378 bits per heavy atom. The van der Waals surface area contributed by atoms with E-state index in [1.165, 1.54) is 55.4 Å². The molecule has 74 heavy (non-hydrogen) atoms. The molecule has 0 aromatic heterocycles. The van der Waals surface area contributed by atoms with Gasteiger partial charge in [-0.2, -0.15) is 0 Å². The number of rotatable bonds is 31. The van der Waals surface area contributed by atoms with Crippen molar-refractivity contribution in [3.63, 3.8) is 0 Å². The molecule has 0 amide bonds. The lowest BCUT2D eigenvalue weighted by Gasteiger charge is -2.29. The number of esters is 2. The number of unbranched alkanes of at least 4 members (excludes halogenated alkanes) is 7. The third-order valence-corrected chi connectivity index (χ3v) is 13.0. The van der Waals surface area contributed by atoms with E-state index >= 15 is 0 Å². The maximum Gasteiger partial charge on any atom is 0.305 e. The van der Waals surface area contributed by atoms with E-state index in [2.05, 4.69) is 0 Å². The zero-order valence-electron chi connectivity index (χ0n) is 45.2. The molecule has 14 nitrogen and oxygen atoms in total. The molecule has 402 valence electrons. The van der Waals surface area contributed by atoms with E-state index in [9.17, 15) is 49.2 Å². The fourth-order valence-corrected chi connectivity index (χ4v) is 8.69. The third kappa shape index (κ3) is 18.6. The molecule has 4 rings (SSSR count). The van der Waals surface area contributed by atoms with Crippen molar-refractivity contribution in [3.8, 4) is 0 Å². The van der Waals surface area contributed by atoms with Gasteiger partial charge in [-0.1, -0.05) is 136 Å². The van der Waals surface area contributed by atoms with E-state index < -0.39 is 45.5 Å². The number of hydrogen-bond acceptors (Lipinski definition) is 14. The number of carbonyl (C=O) groups excluding carboxylic acids is 6. The number of nitrogens with zero attached hydrogens (tertiary/aromatic N) is 2. The van der Waals surface area contributed by atoms with Gasteiger partial charge in [0, 0.05) is 48.2 Å². The Morgan fingerprint density at radius 2 is 0.581 bits per heavy atom. The molecule has 0 bridgehead atoms. The summed E-state index contributed by atoms with van der Waals surface area (Å²) in [5, 5.41) is 41.0. The number of hydrogen-bond donors (Lipinski definition) is 4.